The van der Waals surface area contributed by atoms with Crippen LogP contribution in [-0.2, 0) is 13.0 Å². The van der Waals surface area contributed by atoms with E-state index in [0.717, 1.165) is 22.2 Å². The van der Waals surface area contributed by atoms with Crippen LogP contribution in [0.5, 0.6) is 5.75 Å². The number of hydrogen-bond donors (Lipinski definition) is 0. The van der Waals surface area contributed by atoms with Gasteiger partial charge < -0.3 is 14.2 Å². The van der Waals surface area contributed by atoms with Gasteiger partial charge in [-0.2, -0.15) is 4.98 Å². The van der Waals surface area contributed by atoms with Crippen LogP contribution in [0.15, 0.2) is 21.1 Å². The molecule has 6 nitrogen and oxygen atoms in total. The summed E-state index contributed by atoms with van der Waals surface area (Å²) in [6.45, 7) is 2.83. The maximum Gasteiger partial charge on any atom is 0.316 e. The van der Waals surface area contributed by atoms with Crippen LogP contribution in [0, 0.1) is 6.92 Å². The molecule has 0 saturated heterocycles. The number of nitrogens with zero attached hydrogens (tertiary/aromatic N) is 3. The monoisotopic (exact) mass is 351 g/mol. The lowest BCUT2D eigenvalue weighted by atomic mass is 9.99. The first-order valence-corrected chi connectivity index (χ1v) is 7.33. The van der Waals surface area contributed by atoms with Gasteiger partial charge in [0, 0.05) is 13.1 Å². The number of halogens is 1. The molecule has 0 spiro atoms. The lowest BCUT2D eigenvalue weighted by Gasteiger charge is -2.28. The molecule has 1 aliphatic rings. The van der Waals surface area contributed by atoms with Gasteiger partial charge in [0.05, 0.1) is 11.6 Å². The summed E-state index contributed by atoms with van der Waals surface area (Å²) in [5.41, 5.74) is 2.28. The van der Waals surface area contributed by atoms with Crippen molar-refractivity contribution in [3.8, 4) is 5.75 Å². The molecule has 1 aliphatic heterocycles. The van der Waals surface area contributed by atoms with E-state index in [9.17, 15) is 4.79 Å². The van der Waals surface area contributed by atoms with E-state index < -0.39 is 0 Å². The lowest BCUT2D eigenvalue weighted by molar-refractivity contribution is 0.0684. The van der Waals surface area contributed by atoms with Gasteiger partial charge in [-0.1, -0.05) is 11.2 Å². The van der Waals surface area contributed by atoms with Crippen molar-refractivity contribution in [1.29, 1.82) is 0 Å². The third-order valence-corrected chi connectivity index (χ3v) is 4.38. The van der Waals surface area contributed by atoms with Crippen molar-refractivity contribution in [3.63, 3.8) is 0 Å². The first-order valence-electron chi connectivity index (χ1n) is 6.54. The summed E-state index contributed by atoms with van der Waals surface area (Å²) in [6.07, 6.45) is 0.756. The van der Waals surface area contributed by atoms with Crippen molar-refractivity contribution in [3.05, 3.63) is 39.4 Å². The van der Waals surface area contributed by atoms with Crippen molar-refractivity contribution >= 4 is 21.8 Å². The molecule has 2 heterocycles. The fraction of sp³-hybridized carbons (Fsp3) is 0.357. The van der Waals surface area contributed by atoms with Crippen LogP contribution in [0.1, 0.15) is 27.6 Å². The molecule has 2 aromatic rings. The van der Waals surface area contributed by atoms with E-state index in [-0.39, 0.29) is 11.8 Å². The van der Waals surface area contributed by atoms with Crippen LogP contribution in [-0.4, -0.2) is 34.6 Å². The van der Waals surface area contributed by atoms with Gasteiger partial charge in [0.2, 0.25) is 0 Å². The number of ether oxygens (including phenoxy) is 1. The van der Waals surface area contributed by atoms with Crippen molar-refractivity contribution in [2.24, 2.45) is 0 Å². The van der Waals surface area contributed by atoms with Crippen LogP contribution >= 0.6 is 15.9 Å². The van der Waals surface area contributed by atoms with Crippen molar-refractivity contribution in [1.82, 2.24) is 15.0 Å². The first-order chi connectivity index (χ1) is 10.1. The quantitative estimate of drug-likeness (QED) is 0.830. The summed E-state index contributed by atoms with van der Waals surface area (Å²) in [6, 6.07) is 3.88. The molecule has 0 saturated carbocycles. The molecule has 110 valence electrons. The molecule has 0 bridgehead atoms. The molecule has 0 atom stereocenters. The topological polar surface area (TPSA) is 68.5 Å². The number of aromatic nitrogens is 2. The summed E-state index contributed by atoms with van der Waals surface area (Å²) < 4.78 is 11.2. The maximum absolute atomic E-state index is 12.3. The molecule has 0 unspecified atom stereocenters. The smallest absolute Gasteiger partial charge is 0.316 e. The second-order valence-corrected chi connectivity index (χ2v) is 5.64. The second kappa shape index (κ2) is 5.48. The summed E-state index contributed by atoms with van der Waals surface area (Å²) in [5.74, 6) is 1.08. The van der Waals surface area contributed by atoms with Crippen molar-refractivity contribution in [2.45, 2.75) is 19.9 Å². The first kappa shape index (κ1) is 14.1. The molecule has 1 aromatic carbocycles. The molecule has 0 N–H and O–H groups in total. The second-order valence-electron chi connectivity index (χ2n) is 4.84. The molecule has 21 heavy (non-hydrogen) atoms. The van der Waals surface area contributed by atoms with Crippen LogP contribution in [0.4, 0.5) is 0 Å². The maximum atomic E-state index is 12.3. The largest absolute Gasteiger partial charge is 0.496 e. The number of benzene rings is 1. The molecular weight excluding hydrogens is 338 g/mol. The van der Waals surface area contributed by atoms with E-state index >= 15 is 0 Å². The molecule has 3 rings (SSSR count). The zero-order valence-corrected chi connectivity index (χ0v) is 13.3. The number of fused-ring (bicyclic) bond motifs is 1. The van der Waals surface area contributed by atoms with E-state index in [4.69, 9.17) is 9.26 Å². The fourth-order valence-corrected chi connectivity index (χ4v) is 3.19. The minimum atomic E-state index is -0.229. The Balaban J connectivity index is 1.85. The Bertz CT molecular complexity index is 699. The van der Waals surface area contributed by atoms with E-state index in [2.05, 4.69) is 26.1 Å². The van der Waals surface area contributed by atoms with Gasteiger partial charge in [0.1, 0.15) is 5.75 Å². The molecule has 7 heteroatoms. The van der Waals surface area contributed by atoms with Crippen LogP contribution in [0.25, 0.3) is 0 Å². The van der Waals surface area contributed by atoms with Gasteiger partial charge in [-0.15, -0.1) is 0 Å². The molecule has 0 fully saturated rings. The van der Waals surface area contributed by atoms with Gasteiger partial charge in [-0.3, -0.25) is 4.79 Å². The van der Waals surface area contributed by atoms with Gasteiger partial charge >= 0.3 is 11.8 Å². The van der Waals surface area contributed by atoms with Gasteiger partial charge in [0.25, 0.3) is 0 Å². The minimum absolute atomic E-state index is 0.0449. The molecule has 0 radical (unpaired) electrons. The zero-order chi connectivity index (χ0) is 15.0. The normalized spacial score (nSPS) is 14.0. The van der Waals surface area contributed by atoms with Gasteiger partial charge in [0.15, 0.2) is 5.82 Å². The Morgan fingerprint density at radius 2 is 2.29 bits per heavy atom. The number of amides is 1. The van der Waals surface area contributed by atoms with Crippen LogP contribution in [0.3, 0.4) is 0 Å². The van der Waals surface area contributed by atoms with Crippen molar-refractivity contribution in [2.75, 3.05) is 13.7 Å². The van der Waals surface area contributed by atoms with Crippen molar-refractivity contribution < 1.29 is 14.1 Å². The summed E-state index contributed by atoms with van der Waals surface area (Å²) in [4.78, 5) is 18.0. The predicted molar refractivity (Wildman–Crippen MR) is 78.2 cm³/mol. The number of carbonyl (C=O) groups is 1. The summed E-state index contributed by atoms with van der Waals surface area (Å²) in [7, 11) is 1.64. The van der Waals surface area contributed by atoms with E-state index in [1.165, 1.54) is 5.56 Å². The zero-order valence-electron chi connectivity index (χ0n) is 11.7. The van der Waals surface area contributed by atoms with E-state index in [1.807, 2.05) is 12.1 Å². The number of carbonyl (C=O) groups excluding carboxylic acids is 1. The third-order valence-electron chi connectivity index (χ3n) is 3.52. The molecule has 0 aliphatic carbocycles. The highest BCUT2D eigenvalue weighted by molar-refractivity contribution is 9.10. The average Bonchev–Trinajstić information content (AvgIpc) is 2.93. The summed E-state index contributed by atoms with van der Waals surface area (Å²) in [5, 5.41) is 3.66. The van der Waals surface area contributed by atoms with Gasteiger partial charge in [-0.05, 0) is 46.5 Å². The molecule has 1 aromatic heterocycles. The van der Waals surface area contributed by atoms with E-state index in [1.54, 1.807) is 18.9 Å². The van der Waals surface area contributed by atoms with Gasteiger partial charge in [-0.25, -0.2) is 0 Å². The highest BCUT2D eigenvalue weighted by atomic mass is 79.9. The highest BCUT2D eigenvalue weighted by Crippen LogP contribution is 2.34. The number of aryl methyl sites for hydroxylation is 1. The summed E-state index contributed by atoms with van der Waals surface area (Å²) >= 11 is 3.56. The Labute approximate surface area is 130 Å². The number of rotatable bonds is 2. The molecule has 1 amide bonds. The fourth-order valence-electron chi connectivity index (χ4n) is 2.44. The van der Waals surface area contributed by atoms with E-state index in [0.29, 0.717) is 18.9 Å². The van der Waals surface area contributed by atoms with Crippen LogP contribution in [0.2, 0.25) is 0 Å². The Kier molecular flexibility index (Phi) is 3.67. The lowest BCUT2D eigenvalue weighted by Crippen LogP contribution is -2.36. The number of methoxy groups -OCH3 is 1. The Morgan fingerprint density at radius 1 is 1.48 bits per heavy atom. The average molecular weight is 352 g/mol. The van der Waals surface area contributed by atoms with Crippen LogP contribution < -0.4 is 4.74 Å². The Morgan fingerprint density at radius 3 is 2.95 bits per heavy atom. The minimum Gasteiger partial charge on any atom is -0.496 e. The molecular formula is C14H14BrN3O3. The SMILES string of the molecule is COc1ccc2c(c1Br)CCN(C(=O)c1nc(C)no1)C2. The standard InChI is InChI=1S/C14H14BrN3O3/c1-8-16-13(21-17-8)14(19)18-6-5-10-9(7-18)3-4-11(20-2)12(10)15/h3-4H,5-7H2,1-2H3. The third kappa shape index (κ3) is 2.53. The number of hydrogen-bond acceptors (Lipinski definition) is 5. The highest BCUT2D eigenvalue weighted by Gasteiger charge is 2.27. The Hall–Kier alpha value is -1.89. The predicted octanol–water partition coefficient (Wildman–Crippen LogP) is 2.35.